The van der Waals surface area contributed by atoms with Crippen molar-refractivity contribution in [2.75, 3.05) is 13.1 Å². The Bertz CT molecular complexity index is 942. The Balaban J connectivity index is 1.72. The van der Waals surface area contributed by atoms with Crippen molar-refractivity contribution in [2.24, 2.45) is 5.92 Å². The molecule has 26 heavy (non-hydrogen) atoms. The van der Waals surface area contributed by atoms with Gasteiger partial charge in [0.15, 0.2) is 5.58 Å². The predicted molar refractivity (Wildman–Crippen MR) is 104 cm³/mol. The molecule has 0 saturated carbocycles. The minimum absolute atomic E-state index is 0.119. The lowest BCUT2D eigenvalue weighted by atomic mass is 9.99. The lowest BCUT2D eigenvalue weighted by molar-refractivity contribution is 0.0687. The maximum atomic E-state index is 13.2. The first-order valence-electron chi connectivity index (χ1n) is 9.46. The molecule has 2 aromatic heterocycles. The summed E-state index contributed by atoms with van der Waals surface area (Å²) in [6.07, 6.45) is 2.17. The van der Waals surface area contributed by atoms with Crippen LogP contribution in [-0.2, 0) is 6.54 Å². The maximum absolute atomic E-state index is 13.2. The Hall–Kier alpha value is -2.49. The van der Waals surface area contributed by atoms with Gasteiger partial charge in [0.2, 0.25) is 0 Å². The molecule has 0 aliphatic carbocycles. The third kappa shape index (κ3) is 3.16. The summed E-state index contributed by atoms with van der Waals surface area (Å²) in [5.74, 6) is 1.70. The van der Waals surface area contributed by atoms with Gasteiger partial charge in [0.25, 0.3) is 5.91 Å². The smallest absolute Gasteiger partial charge is 0.270 e. The highest BCUT2D eigenvalue weighted by molar-refractivity contribution is 5.97. The Morgan fingerprint density at radius 3 is 2.65 bits per heavy atom. The molecule has 3 aromatic rings. The molecule has 0 bridgehead atoms. The van der Waals surface area contributed by atoms with E-state index in [0.717, 1.165) is 48.5 Å². The number of nitrogens with zero attached hydrogens (tertiary/aromatic N) is 2. The van der Waals surface area contributed by atoms with E-state index < -0.39 is 0 Å². The molecule has 4 heteroatoms. The van der Waals surface area contributed by atoms with E-state index in [0.29, 0.717) is 12.5 Å². The molecule has 0 unspecified atom stereocenters. The molecular formula is C22H26N2O2. The number of hydrogen-bond donors (Lipinski definition) is 0. The SMILES string of the molecule is Cc1cccc(Cn2c(C(=O)N3CCC(C)CC3)cc3oc(C)cc32)c1. The van der Waals surface area contributed by atoms with E-state index in [1.54, 1.807) is 0 Å². The summed E-state index contributed by atoms with van der Waals surface area (Å²) in [6, 6.07) is 12.4. The van der Waals surface area contributed by atoms with Crippen molar-refractivity contribution in [3.63, 3.8) is 0 Å². The standard InChI is InChI=1S/C22H26N2O2/c1-15-7-9-23(10-8-15)22(25)20-13-21-19(12-17(3)26-21)24(20)14-18-6-4-5-16(2)11-18/h4-6,11-13,15H,7-10,14H2,1-3H3. The summed E-state index contributed by atoms with van der Waals surface area (Å²) in [6.45, 7) is 8.67. The van der Waals surface area contributed by atoms with E-state index in [-0.39, 0.29) is 5.91 Å². The number of carbonyl (C=O) groups is 1. The Kier molecular flexibility index (Phi) is 4.35. The number of carbonyl (C=O) groups excluding carboxylic acids is 1. The predicted octanol–water partition coefficient (Wildman–Crippen LogP) is 4.77. The van der Waals surface area contributed by atoms with Crippen LogP contribution in [0.4, 0.5) is 0 Å². The van der Waals surface area contributed by atoms with Crippen molar-refractivity contribution in [3.8, 4) is 0 Å². The zero-order valence-electron chi connectivity index (χ0n) is 15.8. The lowest BCUT2D eigenvalue weighted by Crippen LogP contribution is -2.38. The number of likely N-dealkylation sites (tertiary alicyclic amines) is 1. The van der Waals surface area contributed by atoms with Crippen LogP contribution in [-0.4, -0.2) is 28.5 Å². The van der Waals surface area contributed by atoms with Crippen LogP contribution in [0.5, 0.6) is 0 Å². The van der Waals surface area contributed by atoms with Gasteiger partial charge in [0.05, 0.1) is 5.52 Å². The first-order chi connectivity index (χ1) is 12.5. The molecule has 1 saturated heterocycles. The van der Waals surface area contributed by atoms with Gasteiger partial charge in [-0.05, 0) is 38.2 Å². The highest BCUT2D eigenvalue weighted by atomic mass is 16.3. The van der Waals surface area contributed by atoms with Gasteiger partial charge in [-0.25, -0.2) is 0 Å². The molecule has 1 fully saturated rings. The molecule has 0 spiro atoms. The van der Waals surface area contributed by atoms with Gasteiger partial charge >= 0.3 is 0 Å². The zero-order chi connectivity index (χ0) is 18.3. The fourth-order valence-corrected chi connectivity index (χ4v) is 3.88. The number of hydrogen-bond acceptors (Lipinski definition) is 2. The van der Waals surface area contributed by atoms with Crippen LogP contribution in [0.25, 0.3) is 11.1 Å². The normalized spacial score (nSPS) is 15.7. The summed E-state index contributed by atoms with van der Waals surface area (Å²) >= 11 is 0. The van der Waals surface area contributed by atoms with Crippen LogP contribution in [0.15, 0.2) is 40.8 Å². The molecule has 0 atom stereocenters. The first-order valence-corrected chi connectivity index (χ1v) is 9.46. The Morgan fingerprint density at radius 1 is 1.15 bits per heavy atom. The molecule has 1 aliphatic rings. The molecule has 1 amide bonds. The summed E-state index contributed by atoms with van der Waals surface area (Å²) in [4.78, 5) is 15.2. The van der Waals surface area contributed by atoms with E-state index in [2.05, 4.69) is 42.7 Å². The fourth-order valence-electron chi connectivity index (χ4n) is 3.88. The second-order valence-electron chi connectivity index (χ2n) is 7.69. The van der Waals surface area contributed by atoms with E-state index in [4.69, 9.17) is 4.42 Å². The second kappa shape index (κ2) is 6.67. The number of furan rings is 1. The van der Waals surface area contributed by atoms with Crippen molar-refractivity contribution in [1.82, 2.24) is 9.47 Å². The first kappa shape index (κ1) is 17.0. The van der Waals surface area contributed by atoms with Crippen molar-refractivity contribution >= 4 is 17.0 Å². The third-order valence-electron chi connectivity index (χ3n) is 5.43. The van der Waals surface area contributed by atoms with Crippen LogP contribution in [0.1, 0.15) is 47.1 Å². The van der Waals surface area contributed by atoms with Gasteiger partial charge in [-0.2, -0.15) is 0 Å². The number of piperidine rings is 1. The van der Waals surface area contributed by atoms with Crippen LogP contribution < -0.4 is 0 Å². The minimum atomic E-state index is 0.119. The van der Waals surface area contributed by atoms with E-state index in [1.165, 1.54) is 11.1 Å². The van der Waals surface area contributed by atoms with Crippen molar-refractivity contribution < 1.29 is 9.21 Å². The van der Waals surface area contributed by atoms with Gasteiger partial charge in [-0.15, -0.1) is 0 Å². The quantitative estimate of drug-likeness (QED) is 0.682. The van der Waals surface area contributed by atoms with E-state index in [9.17, 15) is 4.79 Å². The topological polar surface area (TPSA) is 38.4 Å². The molecule has 4 rings (SSSR count). The molecular weight excluding hydrogens is 324 g/mol. The second-order valence-corrected chi connectivity index (χ2v) is 7.69. The number of rotatable bonds is 3. The zero-order valence-corrected chi connectivity index (χ0v) is 15.8. The van der Waals surface area contributed by atoms with Crippen LogP contribution >= 0.6 is 0 Å². The molecule has 4 nitrogen and oxygen atoms in total. The molecule has 1 aromatic carbocycles. The van der Waals surface area contributed by atoms with Gasteiger partial charge in [-0.3, -0.25) is 4.79 Å². The molecule has 0 N–H and O–H groups in total. The summed E-state index contributed by atoms with van der Waals surface area (Å²) in [7, 11) is 0. The number of fused-ring (bicyclic) bond motifs is 1. The molecule has 1 aliphatic heterocycles. The van der Waals surface area contributed by atoms with Crippen LogP contribution in [0, 0.1) is 19.8 Å². The molecule has 0 radical (unpaired) electrons. The number of amides is 1. The number of aromatic nitrogens is 1. The van der Waals surface area contributed by atoms with Crippen molar-refractivity contribution in [2.45, 2.75) is 40.2 Å². The maximum Gasteiger partial charge on any atom is 0.270 e. The molecule has 136 valence electrons. The number of aryl methyl sites for hydroxylation is 2. The highest BCUT2D eigenvalue weighted by Crippen LogP contribution is 2.27. The largest absolute Gasteiger partial charge is 0.460 e. The molecule has 3 heterocycles. The average Bonchev–Trinajstić information content (AvgIpc) is 3.12. The monoisotopic (exact) mass is 350 g/mol. The van der Waals surface area contributed by atoms with E-state index in [1.807, 2.05) is 24.0 Å². The van der Waals surface area contributed by atoms with Crippen LogP contribution in [0.3, 0.4) is 0 Å². The Morgan fingerprint density at radius 2 is 1.92 bits per heavy atom. The number of benzene rings is 1. The van der Waals surface area contributed by atoms with Gasteiger partial charge in [0, 0.05) is 31.8 Å². The minimum Gasteiger partial charge on any atom is -0.460 e. The lowest BCUT2D eigenvalue weighted by Gasteiger charge is -2.30. The highest BCUT2D eigenvalue weighted by Gasteiger charge is 2.26. The van der Waals surface area contributed by atoms with Crippen molar-refractivity contribution in [3.05, 3.63) is 59.0 Å². The summed E-state index contributed by atoms with van der Waals surface area (Å²) < 4.78 is 7.93. The summed E-state index contributed by atoms with van der Waals surface area (Å²) in [5, 5.41) is 0. The van der Waals surface area contributed by atoms with Gasteiger partial charge < -0.3 is 13.9 Å². The van der Waals surface area contributed by atoms with Crippen molar-refractivity contribution in [1.29, 1.82) is 0 Å². The Labute approximate surface area is 154 Å². The average molecular weight is 350 g/mol. The fraction of sp³-hybridized carbons (Fsp3) is 0.409. The van der Waals surface area contributed by atoms with Crippen LogP contribution in [0.2, 0.25) is 0 Å². The van der Waals surface area contributed by atoms with Gasteiger partial charge in [-0.1, -0.05) is 36.8 Å². The van der Waals surface area contributed by atoms with Gasteiger partial charge in [0.1, 0.15) is 11.5 Å². The third-order valence-corrected chi connectivity index (χ3v) is 5.43. The summed E-state index contributed by atoms with van der Waals surface area (Å²) in [5.41, 5.74) is 4.95. The van der Waals surface area contributed by atoms with E-state index >= 15 is 0 Å².